The van der Waals surface area contributed by atoms with Crippen LogP contribution in [0.1, 0.15) is 25.3 Å². The molecule has 0 aromatic heterocycles. The highest BCUT2D eigenvalue weighted by Gasteiger charge is 2.16. The minimum atomic E-state index is -0.386. The maximum atomic E-state index is 12.1. The smallest absolute Gasteiger partial charge is 0.311 e. The third kappa shape index (κ3) is 5.80. The fraction of sp³-hybridized carbons (Fsp3) is 0.263. The minimum Gasteiger partial charge on any atom is -0.494 e. The van der Waals surface area contributed by atoms with Gasteiger partial charge in [0.15, 0.2) is 11.5 Å². The third-order valence-corrected chi connectivity index (χ3v) is 3.78. The molecular formula is C19H18BrNO4. The maximum Gasteiger partial charge on any atom is 0.311 e. The van der Waals surface area contributed by atoms with Crippen molar-refractivity contribution < 1.29 is 19.0 Å². The van der Waals surface area contributed by atoms with Gasteiger partial charge in [0.25, 0.3) is 0 Å². The molecule has 0 N–H and O–H groups in total. The first kappa shape index (κ1) is 18.8. The molecule has 25 heavy (non-hydrogen) atoms. The van der Waals surface area contributed by atoms with E-state index in [1.165, 1.54) is 0 Å². The average Bonchev–Trinajstić information content (AvgIpc) is 2.62. The normalized spacial score (nSPS) is 9.96. The van der Waals surface area contributed by atoms with Crippen molar-refractivity contribution in [2.24, 2.45) is 0 Å². The van der Waals surface area contributed by atoms with Crippen molar-refractivity contribution in [3.05, 3.63) is 52.5 Å². The van der Waals surface area contributed by atoms with E-state index in [2.05, 4.69) is 15.9 Å². The molecule has 0 bridgehead atoms. The first-order chi connectivity index (χ1) is 12.1. The standard InChI is InChI=1S/C19H18BrNO4/c1-2-23-17-12-14(13-21)11-16(20)19(17)25-18(22)9-6-10-24-15-7-4-3-5-8-15/h3-5,7-8,11-12H,2,6,9-10H2,1H3. The lowest BCUT2D eigenvalue weighted by atomic mass is 10.2. The SMILES string of the molecule is CCOc1cc(C#N)cc(Br)c1OC(=O)CCCOc1ccccc1. The second kappa shape index (κ2) is 9.70. The van der Waals surface area contributed by atoms with Gasteiger partial charge in [-0.05, 0) is 47.5 Å². The summed E-state index contributed by atoms with van der Waals surface area (Å²) in [5.41, 5.74) is 0.423. The summed E-state index contributed by atoms with van der Waals surface area (Å²) < 4.78 is 16.9. The van der Waals surface area contributed by atoms with Gasteiger partial charge in [0.2, 0.25) is 0 Å². The van der Waals surface area contributed by atoms with Crippen LogP contribution in [-0.4, -0.2) is 19.2 Å². The van der Waals surface area contributed by atoms with Gasteiger partial charge in [-0.25, -0.2) is 0 Å². The van der Waals surface area contributed by atoms with Gasteiger partial charge in [0.1, 0.15) is 5.75 Å². The molecule has 0 unspecified atom stereocenters. The summed E-state index contributed by atoms with van der Waals surface area (Å²) in [7, 11) is 0. The topological polar surface area (TPSA) is 68.5 Å². The van der Waals surface area contributed by atoms with E-state index in [1.54, 1.807) is 12.1 Å². The highest BCUT2D eigenvalue weighted by Crippen LogP contribution is 2.37. The fourth-order valence-electron chi connectivity index (χ4n) is 2.08. The van der Waals surface area contributed by atoms with Gasteiger partial charge in [0.05, 0.1) is 29.3 Å². The van der Waals surface area contributed by atoms with E-state index in [9.17, 15) is 4.79 Å². The van der Waals surface area contributed by atoms with Crippen molar-refractivity contribution in [3.8, 4) is 23.3 Å². The lowest BCUT2D eigenvalue weighted by molar-refractivity contribution is -0.134. The largest absolute Gasteiger partial charge is 0.494 e. The van der Waals surface area contributed by atoms with Gasteiger partial charge >= 0.3 is 5.97 Å². The zero-order chi connectivity index (χ0) is 18.1. The number of rotatable bonds is 8. The number of esters is 1. The van der Waals surface area contributed by atoms with E-state index in [1.807, 2.05) is 43.3 Å². The molecule has 0 aliphatic rings. The molecule has 130 valence electrons. The monoisotopic (exact) mass is 403 g/mol. The van der Waals surface area contributed by atoms with E-state index in [-0.39, 0.29) is 18.1 Å². The summed E-state index contributed by atoms with van der Waals surface area (Å²) in [5, 5.41) is 9.02. The molecule has 2 aromatic rings. The predicted octanol–water partition coefficient (Wildman–Crippen LogP) is 4.48. The second-order valence-electron chi connectivity index (χ2n) is 5.07. The molecule has 0 aliphatic heterocycles. The van der Waals surface area contributed by atoms with Crippen molar-refractivity contribution in [2.75, 3.05) is 13.2 Å². The van der Waals surface area contributed by atoms with Crippen LogP contribution in [-0.2, 0) is 4.79 Å². The Morgan fingerprint density at radius 2 is 1.96 bits per heavy atom. The van der Waals surface area contributed by atoms with Crippen molar-refractivity contribution in [3.63, 3.8) is 0 Å². The van der Waals surface area contributed by atoms with Crippen molar-refractivity contribution >= 4 is 21.9 Å². The molecule has 0 aliphatic carbocycles. The van der Waals surface area contributed by atoms with E-state index in [0.29, 0.717) is 35.4 Å². The quantitative estimate of drug-likeness (QED) is 0.369. The van der Waals surface area contributed by atoms with E-state index in [0.717, 1.165) is 5.75 Å². The fourth-order valence-corrected chi connectivity index (χ4v) is 2.61. The van der Waals surface area contributed by atoms with Crippen LogP contribution in [0.25, 0.3) is 0 Å². The Balaban J connectivity index is 1.90. The number of carbonyl (C=O) groups excluding carboxylic acids is 1. The molecule has 0 saturated heterocycles. The highest BCUT2D eigenvalue weighted by molar-refractivity contribution is 9.10. The zero-order valence-corrected chi connectivity index (χ0v) is 15.4. The summed E-state index contributed by atoms with van der Waals surface area (Å²) in [4.78, 5) is 12.1. The number of hydrogen-bond donors (Lipinski definition) is 0. The number of hydrogen-bond acceptors (Lipinski definition) is 5. The number of para-hydroxylation sites is 1. The van der Waals surface area contributed by atoms with Crippen LogP contribution in [0.15, 0.2) is 46.9 Å². The highest BCUT2D eigenvalue weighted by atomic mass is 79.9. The Morgan fingerprint density at radius 3 is 2.64 bits per heavy atom. The molecule has 0 spiro atoms. The van der Waals surface area contributed by atoms with Gasteiger partial charge in [-0.1, -0.05) is 18.2 Å². The summed E-state index contributed by atoms with van der Waals surface area (Å²) in [6.07, 6.45) is 0.746. The lowest BCUT2D eigenvalue weighted by Gasteiger charge is -2.13. The summed E-state index contributed by atoms with van der Waals surface area (Å²) >= 11 is 3.32. The van der Waals surface area contributed by atoms with E-state index >= 15 is 0 Å². The molecule has 0 radical (unpaired) electrons. The van der Waals surface area contributed by atoms with E-state index in [4.69, 9.17) is 19.5 Å². The summed E-state index contributed by atoms with van der Waals surface area (Å²) in [6, 6.07) is 14.6. The molecule has 5 nitrogen and oxygen atoms in total. The number of benzene rings is 2. The summed E-state index contributed by atoms with van der Waals surface area (Å²) in [5.74, 6) is 1.03. The molecule has 2 aromatic carbocycles. The average molecular weight is 404 g/mol. The molecular weight excluding hydrogens is 386 g/mol. The number of ether oxygens (including phenoxy) is 3. The van der Waals surface area contributed by atoms with Gasteiger partial charge in [-0.3, -0.25) is 4.79 Å². The lowest BCUT2D eigenvalue weighted by Crippen LogP contribution is -2.11. The van der Waals surface area contributed by atoms with Gasteiger partial charge in [-0.15, -0.1) is 0 Å². The van der Waals surface area contributed by atoms with Gasteiger partial charge < -0.3 is 14.2 Å². The number of carbonyl (C=O) groups is 1. The first-order valence-corrected chi connectivity index (χ1v) is 8.68. The molecule has 6 heteroatoms. The van der Waals surface area contributed by atoms with Crippen LogP contribution < -0.4 is 14.2 Å². The van der Waals surface area contributed by atoms with Crippen molar-refractivity contribution in [2.45, 2.75) is 19.8 Å². The van der Waals surface area contributed by atoms with Crippen molar-refractivity contribution in [1.82, 2.24) is 0 Å². The first-order valence-electron chi connectivity index (χ1n) is 7.89. The van der Waals surface area contributed by atoms with Gasteiger partial charge in [0, 0.05) is 12.5 Å². The Labute approximate surface area is 155 Å². The Kier molecular flexibility index (Phi) is 7.30. The van der Waals surface area contributed by atoms with Gasteiger partial charge in [-0.2, -0.15) is 5.26 Å². The van der Waals surface area contributed by atoms with E-state index < -0.39 is 0 Å². The van der Waals surface area contributed by atoms with Crippen LogP contribution in [0.3, 0.4) is 0 Å². The number of nitriles is 1. The number of halogens is 1. The third-order valence-electron chi connectivity index (χ3n) is 3.19. The van der Waals surface area contributed by atoms with Crippen LogP contribution >= 0.6 is 15.9 Å². The second-order valence-corrected chi connectivity index (χ2v) is 5.92. The molecule has 0 saturated carbocycles. The number of nitrogens with zero attached hydrogens (tertiary/aromatic N) is 1. The Bertz CT molecular complexity index is 756. The summed E-state index contributed by atoms with van der Waals surface area (Å²) in [6.45, 7) is 2.64. The molecule has 0 fully saturated rings. The van der Waals surface area contributed by atoms with Crippen LogP contribution in [0.5, 0.6) is 17.2 Å². The van der Waals surface area contributed by atoms with Crippen molar-refractivity contribution in [1.29, 1.82) is 5.26 Å². The zero-order valence-electron chi connectivity index (χ0n) is 13.8. The molecule has 0 atom stereocenters. The molecule has 0 amide bonds. The minimum absolute atomic E-state index is 0.213. The predicted molar refractivity (Wildman–Crippen MR) is 96.8 cm³/mol. The molecule has 2 rings (SSSR count). The molecule has 0 heterocycles. The Hall–Kier alpha value is -2.52. The van der Waals surface area contributed by atoms with Crippen LogP contribution in [0.2, 0.25) is 0 Å². The Morgan fingerprint density at radius 1 is 1.20 bits per heavy atom. The maximum absolute atomic E-state index is 12.1. The van der Waals surface area contributed by atoms with Crippen LogP contribution in [0.4, 0.5) is 0 Å². The van der Waals surface area contributed by atoms with Crippen LogP contribution in [0, 0.1) is 11.3 Å².